The van der Waals surface area contributed by atoms with Gasteiger partial charge in [0.05, 0.1) is 6.04 Å². The highest BCUT2D eigenvalue weighted by molar-refractivity contribution is 7.98. The molecule has 0 spiro atoms. The van der Waals surface area contributed by atoms with Gasteiger partial charge in [0.1, 0.15) is 16.9 Å². The number of hydrogen-bond donors (Lipinski definition) is 5. The van der Waals surface area contributed by atoms with Gasteiger partial charge in [0.15, 0.2) is 11.7 Å². The molecule has 0 fully saturated rings. The van der Waals surface area contributed by atoms with E-state index in [-0.39, 0.29) is 49.7 Å². The molecule has 0 aliphatic carbocycles. The molecule has 1 aromatic carbocycles. The third-order valence-electron chi connectivity index (χ3n) is 6.33. The van der Waals surface area contributed by atoms with Gasteiger partial charge in [0, 0.05) is 17.0 Å². The Bertz CT molecular complexity index is 1320. The van der Waals surface area contributed by atoms with Crippen LogP contribution in [0.4, 0.5) is 0 Å². The van der Waals surface area contributed by atoms with Gasteiger partial charge in [0.2, 0.25) is 22.1 Å². The molecule has 0 aromatic heterocycles. The molecular weight excluding hydrogens is 614 g/mol. The van der Waals surface area contributed by atoms with Crippen molar-refractivity contribution < 1.29 is 32.5 Å². The highest BCUT2D eigenvalue weighted by Crippen LogP contribution is 2.18. The van der Waals surface area contributed by atoms with Crippen LogP contribution >= 0.6 is 11.8 Å². The number of nitrogens with one attached hydrogen (secondary N) is 3. The van der Waals surface area contributed by atoms with E-state index < -0.39 is 67.8 Å². The van der Waals surface area contributed by atoms with Crippen LogP contribution in [-0.2, 0) is 29.5 Å². The van der Waals surface area contributed by atoms with Gasteiger partial charge in [-0.05, 0) is 50.5 Å². The molecule has 0 saturated carbocycles. The van der Waals surface area contributed by atoms with E-state index in [1.807, 2.05) is 0 Å². The summed E-state index contributed by atoms with van der Waals surface area (Å²) in [5, 5.41) is 19.4. The van der Waals surface area contributed by atoms with Gasteiger partial charge in [0.25, 0.3) is 5.91 Å². The summed E-state index contributed by atoms with van der Waals surface area (Å²) in [5.41, 5.74) is 10.9. The molecule has 17 heteroatoms. The number of thioether (sulfide) groups is 1. The van der Waals surface area contributed by atoms with Gasteiger partial charge in [-0.3, -0.25) is 34.3 Å². The minimum absolute atomic E-state index is 0.0118. The maximum absolute atomic E-state index is 13.5. The SMILES string of the molecule is CSCC[C@H](NC(=O)[C@H](CCCN=C(N)N)NC(=O)[C@H](CC(C)C)NC(=O)C(c1ccccc1)[N+](=O)[O-])C(=O)C(C)=S(=O)=O. The van der Waals surface area contributed by atoms with E-state index >= 15 is 0 Å². The van der Waals surface area contributed by atoms with Gasteiger partial charge in [-0.1, -0.05) is 44.2 Å². The molecular formula is C27H41N7O8S2. The van der Waals surface area contributed by atoms with E-state index in [2.05, 4.69) is 20.9 Å². The second-order valence-electron chi connectivity index (χ2n) is 10.3. The number of benzene rings is 1. The van der Waals surface area contributed by atoms with E-state index in [1.165, 1.54) is 23.9 Å². The lowest BCUT2D eigenvalue weighted by atomic mass is 10.0. The van der Waals surface area contributed by atoms with Crippen LogP contribution in [0, 0.1) is 16.0 Å². The number of carbonyl (C=O) groups excluding carboxylic acids is 4. The number of nitrogens with zero attached hydrogens (tertiary/aromatic N) is 2. The lowest BCUT2D eigenvalue weighted by Gasteiger charge is -2.26. The summed E-state index contributed by atoms with van der Waals surface area (Å²) in [6.07, 6.45) is 2.24. The van der Waals surface area contributed by atoms with Crippen molar-refractivity contribution in [2.45, 2.75) is 70.6 Å². The smallest absolute Gasteiger partial charge is 0.314 e. The highest BCUT2D eigenvalue weighted by atomic mass is 32.2. The second kappa shape index (κ2) is 19.3. The molecule has 7 N–H and O–H groups in total. The number of aliphatic imine (C=N–C) groups is 1. The quantitative estimate of drug-likeness (QED) is 0.0330. The van der Waals surface area contributed by atoms with Crippen molar-refractivity contribution in [2.24, 2.45) is 22.4 Å². The first-order valence-electron chi connectivity index (χ1n) is 13.8. The zero-order valence-electron chi connectivity index (χ0n) is 25.1. The molecule has 4 atom stereocenters. The van der Waals surface area contributed by atoms with Gasteiger partial charge in [-0.2, -0.15) is 20.2 Å². The van der Waals surface area contributed by atoms with Crippen molar-refractivity contribution in [3.05, 3.63) is 46.0 Å². The number of Topliss-reactive ketones (excluding diaryl/α,β-unsaturated/α-hetero) is 1. The minimum atomic E-state index is -2.79. The van der Waals surface area contributed by atoms with Crippen LogP contribution in [0.1, 0.15) is 58.1 Å². The predicted octanol–water partition coefficient (Wildman–Crippen LogP) is -0.0479. The molecule has 0 aliphatic rings. The summed E-state index contributed by atoms with van der Waals surface area (Å²) in [7, 11) is -2.79. The number of rotatable bonds is 19. The van der Waals surface area contributed by atoms with Crippen LogP contribution in [-0.4, -0.2) is 84.3 Å². The largest absolute Gasteiger partial charge is 0.370 e. The monoisotopic (exact) mass is 655 g/mol. The van der Waals surface area contributed by atoms with Crippen molar-refractivity contribution in [1.82, 2.24) is 16.0 Å². The first-order chi connectivity index (χ1) is 20.7. The first-order valence-corrected chi connectivity index (χ1v) is 16.3. The van der Waals surface area contributed by atoms with Crippen LogP contribution in [0.15, 0.2) is 35.3 Å². The van der Waals surface area contributed by atoms with Gasteiger partial charge in [-0.15, -0.1) is 0 Å². The molecule has 0 aliphatic heterocycles. The molecule has 3 amide bonds. The molecule has 1 unspecified atom stereocenters. The van der Waals surface area contributed by atoms with Crippen molar-refractivity contribution in [1.29, 1.82) is 0 Å². The summed E-state index contributed by atoms with van der Waals surface area (Å²) < 4.78 is 22.8. The molecule has 0 saturated heterocycles. The van der Waals surface area contributed by atoms with E-state index in [1.54, 1.807) is 38.3 Å². The summed E-state index contributed by atoms with van der Waals surface area (Å²) in [4.78, 5) is 67.2. The Kier molecular flexibility index (Phi) is 16.7. The summed E-state index contributed by atoms with van der Waals surface area (Å²) in [5.74, 6) is -3.22. The normalized spacial score (nSPS) is 13.5. The Morgan fingerprint density at radius 1 is 0.955 bits per heavy atom. The standard InChI is InChI=1S/C27H41N7O8S2/c1-16(2)15-21(33-26(38)22(34(39)40)18-9-6-5-7-10-18)25(37)32-20(11-8-13-30-27(28)29)24(36)31-19(12-14-43-4)23(35)17(3)44(41)42/h5-7,9-10,16,19-22H,8,11-15H2,1-4H3,(H,31,36)(H,32,37)(H,33,38)(H4,28,29,30)/t19-,20-,21-,22?/m0/s1. The molecule has 1 rings (SSSR count). The first kappa shape index (κ1) is 38.0. The molecule has 1 aromatic rings. The molecule has 15 nitrogen and oxygen atoms in total. The zero-order valence-corrected chi connectivity index (χ0v) is 26.8. The Balaban J connectivity index is 3.30. The maximum atomic E-state index is 13.5. The third kappa shape index (κ3) is 13.1. The minimum Gasteiger partial charge on any atom is -0.370 e. The van der Waals surface area contributed by atoms with Crippen molar-refractivity contribution >= 4 is 56.4 Å². The summed E-state index contributed by atoms with van der Waals surface area (Å²) in [6.45, 7) is 4.82. The van der Waals surface area contributed by atoms with E-state index in [4.69, 9.17) is 11.5 Å². The number of guanidine groups is 1. The number of nitrogens with two attached hydrogens (primary N) is 2. The fourth-order valence-electron chi connectivity index (χ4n) is 4.11. The Labute approximate surface area is 262 Å². The molecule has 0 bridgehead atoms. The fourth-order valence-corrected chi connectivity index (χ4v) is 4.88. The fraction of sp³-hybridized carbons (Fsp3) is 0.556. The Morgan fingerprint density at radius 2 is 1.52 bits per heavy atom. The average Bonchev–Trinajstić information content (AvgIpc) is 2.95. The molecule has 244 valence electrons. The highest BCUT2D eigenvalue weighted by Gasteiger charge is 2.36. The van der Waals surface area contributed by atoms with Crippen LogP contribution in [0.2, 0.25) is 0 Å². The number of nitro groups is 1. The maximum Gasteiger partial charge on any atom is 0.314 e. The Morgan fingerprint density at radius 3 is 2.05 bits per heavy atom. The van der Waals surface area contributed by atoms with Crippen LogP contribution in [0.3, 0.4) is 0 Å². The lowest BCUT2D eigenvalue weighted by Crippen LogP contribution is -2.57. The molecule has 0 heterocycles. The van der Waals surface area contributed by atoms with Crippen LogP contribution in [0.25, 0.3) is 0 Å². The van der Waals surface area contributed by atoms with Gasteiger partial charge in [-0.25, -0.2) is 0 Å². The van der Waals surface area contributed by atoms with Crippen LogP contribution < -0.4 is 27.4 Å². The second-order valence-corrected chi connectivity index (χ2v) is 12.4. The Hall–Kier alpha value is -3.99. The van der Waals surface area contributed by atoms with Gasteiger partial charge < -0.3 is 27.4 Å². The summed E-state index contributed by atoms with van der Waals surface area (Å²) >= 11 is 1.39. The molecule has 44 heavy (non-hydrogen) atoms. The number of ketones is 1. The lowest BCUT2D eigenvalue weighted by molar-refractivity contribution is -0.513. The van der Waals surface area contributed by atoms with Crippen molar-refractivity contribution in [3.8, 4) is 0 Å². The van der Waals surface area contributed by atoms with E-state index in [0.717, 1.165) is 6.92 Å². The average molecular weight is 656 g/mol. The van der Waals surface area contributed by atoms with Crippen molar-refractivity contribution in [3.63, 3.8) is 0 Å². The number of amides is 3. The topological polar surface area (TPSA) is 246 Å². The van der Waals surface area contributed by atoms with Crippen molar-refractivity contribution in [2.75, 3.05) is 18.6 Å². The number of carbonyl (C=O) groups is 4. The van der Waals surface area contributed by atoms with Gasteiger partial charge >= 0.3 is 6.04 Å². The number of hydrogen-bond acceptors (Lipinski definition) is 10. The third-order valence-corrected chi connectivity index (χ3v) is 7.68. The molecule has 0 radical (unpaired) electrons. The van der Waals surface area contributed by atoms with Crippen LogP contribution in [0.5, 0.6) is 0 Å². The predicted molar refractivity (Wildman–Crippen MR) is 169 cm³/mol. The zero-order chi connectivity index (χ0) is 33.4. The van der Waals surface area contributed by atoms with E-state index in [9.17, 15) is 37.7 Å². The van der Waals surface area contributed by atoms with E-state index in [0.29, 0.717) is 5.75 Å². The summed E-state index contributed by atoms with van der Waals surface area (Å²) in [6, 6.07) is 2.16.